The Labute approximate surface area is 425 Å². The van der Waals surface area contributed by atoms with Crippen LogP contribution >= 0.6 is 0 Å². The fraction of sp³-hybridized carbons (Fsp3) is 0.889. The van der Waals surface area contributed by atoms with Crippen molar-refractivity contribution >= 4 is 5.91 Å². The summed E-state index contributed by atoms with van der Waals surface area (Å²) in [4.78, 5) is 12.6. The molecular weight excluding hydrogens is 835 g/mol. The summed E-state index contributed by atoms with van der Waals surface area (Å²) in [6, 6.07) is -0.815. The standard InChI is InChI=1S/C63H121NO4/c1-3-5-7-9-11-13-15-17-19-21-23-25-27-29-30-31-32-34-36-38-40-42-44-46-48-50-52-54-56-58-62(67)63(68)64-60(59-65)61(66)57-55-53-51-49-47-45-43-41-39-37-35-33-28-26-24-22-20-18-16-14-12-10-8-6-4-2/h29-30,47,49,55,57,60-62,65-67H,3-28,31-46,48,50-54,56,58-59H2,1-2H3,(H,64,68)/b30-29-,49-47+,57-55+. The molecule has 5 nitrogen and oxygen atoms in total. The van der Waals surface area contributed by atoms with Gasteiger partial charge in [-0.15, -0.1) is 0 Å². The van der Waals surface area contributed by atoms with Gasteiger partial charge in [-0.25, -0.2) is 0 Å². The highest BCUT2D eigenvalue weighted by Gasteiger charge is 2.22. The molecule has 0 aromatic rings. The molecule has 0 heterocycles. The highest BCUT2D eigenvalue weighted by atomic mass is 16.3. The Hall–Kier alpha value is -1.43. The lowest BCUT2D eigenvalue weighted by Gasteiger charge is -2.21. The Morgan fingerprint density at radius 1 is 0.353 bits per heavy atom. The molecule has 0 saturated heterocycles. The number of hydrogen-bond acceptors (Lipinski definition) is 4. The number of nitrogens with one attached hydrogen (secondary N) is 1. The smallest absolute Gasteiger partial charge is 0.249 e. The van der Waals surface area contributed by atoms with Gasteiger partial charge < -0.3 is 20.6 Å². The number of aliphatic hydroxyl groups is 3. The quantitative estimate of drug-likeness (QED) is 0.0361. The molecule has 0 saturated carbocycles. The molecule has 68 heavy (non-hydrogen) atoms. The summed E-state index contributed by atoms with van der Waals surface area (Å²) < 4.78 is 0. The molecule has 3 unspecified atom stereocenters. The van der Waals surface area contributed by atoms with Gasteiger partial charge in [0.05, 0.1) is 18.8 Å². The lowest BCUT2D eigenvalue weighted by molar-refractivity contribution is -0.131. The molecule has 0 aliphatic heterocycles. The van der Waals surface area contributed by atoms with E-state index in [4.69, 9.17) is 0 Å². The van der Waals surface area contributed by atoms with Crippen molar-refractivity contribution in [1.82, 2.24) is 5.32 Å². The summed E-state index contributed by atoms with van der Waals surface area (Å²) in [5.74, 6) is -0.508. The molecule has 3 atom stereocenters. The van der Waals surface area contributed by atoms with Crippen LogP contribution < -0.4 is 5.32 Å². The van der Waals surface area contributed by atoms with Crippen LogP contribution in [0, 0.1) is 0 Å². The van der Waals surface area contributed by atoms with Crippen LogP contribution in [0.1, 0.15) is 335 Å². The van der Waals surface area contributed by atoms with Gasteiger partial charge in [-0.2, -0.15) is 0 Å². The molecule has 402 valence electrons. The molecule has 0 fully saturated rings. The van der Waals surface area contributed by atoms with Crippen LogP contribution in [0.4, 0.5) is 0 Å². The fourth-order valence-electron chi connectivity index (χ4n) is 9.67. The molecule has 5 heteroatoms. The third-order valence-electron chi connectivity index (χ3n) is 14.5. The van der Waals surface area contributed by atoms with Crippen LogP contribution in [0.15, 0.2) is 36.5 Å². The number of amides is 1. The first-order chi connectivity index (χ1) is 33.6. The molecule has 0 aromatic carbocycles. The zero-order valence-electron chi connectivity index (χ0n) is 46.0. The number of unbranched alkanes of at least 4 members (excludes halogenated alkanes) is 45. The normalized spacial score (nSPS) is 13.4. The molecule has 4 N–H and O–H groups in total. The zero-order valence-corrected chi connectivity index (χ0v) is 46.0. The second kappa shape index (κ2) is 58.1. The number of carbonyl (C=O) groups is 1. The molecule has 0 radical (unpaired) electrons. The van der Waals surface area contributed by atoms with Crippen molar-refractivity contribution in [2.45, 2.75) is 353 Å². The first kappa shape index (κ1) is 66.6. The molecule has 0 rings (SSSR count). The lowest BCUT2D eigenvalue weighted by atomic mass is 10.0. The van der Waals surface area contributed by atoms with E-state index in [1.165, 1.54) is 276 Å². The minimum Gasteiger partial charge on any atom is -0.394 e. The number of carbonyl (C=O) groups excluding carboxylic acids is 1. The third kappa shape index (κ3) is 52.4. The van der Waals surface area contributed by atoms with Crippen molar-refractivity contribution in [2.75, 3.05) is 6.61 Å². The van der Waals surface area contributed by atoms with Crippen molar-refractivity contribution in [2.24, 2.45) is 0 Å². The third-order valence-corrected chi connectivity index (χ3v) is 14.5. The molecular formula is C63H121NO4. The van der Waals surface area contributed by atoms with E-state index >= 15 is 0 Å². The van der Waals surface area contributed by atoms with E-state index in [2.05, 4.69) is 43.5 Å². The van der Waals surface area contributed by atoms with E-state index in [1.807, 2.05) is 6.08 Å². The van der Waals surface area contributed by atoms with Gasteiger partial charge in [-0.3, -0.25) is 4.79 Å². The average Bonchev–Trinajstić information content (AvgIpc) is 3.34. The van der Waals surface area contributed by atoms with Gasteiger partial charge in [0, 0.05) is 0 Å². The summed E-state index contributed by atoms with van der Waals surface area (Å²) in [6.45, 7) is 4.21. The number of allylic oxidation sites excluding steroid dienone is 5. The minimum atomic E-state index is -1.11. The molecule has 0 aliphatic carbocycles. The van der Waals surface area contributed by atoms with Crippen LogP contribution in [-0.4, -0.2) is 46.1 Å². The van der Waals surface area contributed by atoms with Gasteiger partial charge in [0.25, 0.3) is 0 Å². The van der Waals surface area contributed by atoms with E-state index < -0.39 is 24.2 Å². The van der Waals surface area contributed by atoms with E-state index in [1.54, 1.807) is 6.08 Å². The van der Waals surface area contributed by atoms with Crippen LogP contribution in [0.5, 0.6) is 0 Å². The molecule has 0 aliphatic rings. The van der Waals surface area contributed by atoms with Gasteiger partial charge in [0.2, 0.25) is 5.91 Å². The predicted molar refractivity (Wildman–Crippen MR) is 301 cm³/mol. The summed E-state index contributed by atoms with van der Waals surface area (Å²) in [5.41, 5.74) is 0. The molecule has 1 amide bonds. The van der Waals surface area contributed by atoms with Crippen molar-refractivity contribution in [3.05, 3.63) is 36.5 Å². The summed E-state index contributed by atoms with van der Waals surface area (Å²) in [7, 11) is 0. The highest BCUT2D eigenvalue weighted by Crippen LogP contribution is 2.18. The Bertz CT molecular complexity index is 1060. The Kier molecular flexibility index (Phi) is 56.9. The molecule has 0 aromatic heterocycles. The monoisotopic (exact) mass is 956 g/mol. The summed E-state index contributed by atoms with van der Waals surface area (Å²) in [6.07, 6.45) is 76.8. The first-order valence-electron chi connectivity index (χ1n) is 30.8. The van der Waals surface area contributed by atoms with Crippen molar-refractivity contribution in [3.63, 3.8) is 0 Å². The summed E-state index contributed by atoms with van der Waals surface area (Å²) in [5, 5.41) is 33.4. The van der Waals surface area contributed by atoms with Gasteiger partial charge in [-0.05, 0) is 57.8 Å². The number of aliphatic hydroxyl groups excluding tert-OH is 3. The number of rotatable bonds is 57. The van der Waals surface area contributed by atoms with Crippen LogP contribution in [-0.2, 0) is 4.79 Å². The van der Waals surface area contributed by atoms with E-state index in [-0.39, 0.29) is 6.61 Å². The second-order valence-electron chi connectivity index (χ2n) is 21.3. The largest absolute Gasteiger partial charge is 0.394 e. The van der Waals surface area contributed by atoms with Gasteiger partial charge in [0.15, 0.2) is 0 Å². The van der Waals surface area contributed by atoms with E-state index in [9.17, 15) is 20.1 Å². The average molecular weight is 957 g/mol. The Morgan fingerprint density at radius 3 is 0.897 bits per heavy atom. The van der Waals surface area contributed by atoms with Crippen molar-refractivity contribution in [3.8, 4) is 0 Å². The van der Waals surface area contributed by atoms with Crippen molar-refractivity contribution < 1.29 is 20.1 Å². The second-order valence-corrected chi connectivity index (χ2v) is 21.3. The van der Waals surface area contributed by atoms with E-state index in [0.29, 0.717) is 6.42 Å². The Balaban J connectivity index is 3.57. The predicted octanol–water partition coefficient (Wildman–Crippen LogP) is 19.4. The van der Waals surface area contributed by atoms with E-state index in [0.717, 1.165) is 38.5 Å². The minimum absolute atomic E-state index is 0.374. The number of hydrogen-bond donors (Lipinski definition) is 4. The van der Waals surface area contributed by atoms with Gasteiger partial charge in [0.1, 0.15) is 6.10 Å². The fourth-order valence-corrected chi connectivity index (χ4v) is 9.67. The van der Waals surface area contributed by atoms with Crippen LogP contribution in [0.25, 0.3) is 0 Å². The Morgan fingerprint density at radius 2 is 0.603 bits per heavy atom. The first-order valence-corrected chi connectivity index (χ1v) is 30.8. The lowest BCUT2D eigenvalue weighted by Crippen LogP contribution is -2.48. The SMILES string of the molecule is CCCCCCCCCCCCCC/C=C\CCCCCCCCCCCCCCCC(O)C(=O)NC(CO)C(O)/C=C/CC/C=C/CCCCCCCCCCCCCCCCCCCCC. The van der Waals surface area contributed by atoms with Gasteiger partial charge in [-0.1, -0.05) is 314 Å². The van der Waals surface area contributed by atoms with Crippen molar-refractivity contribution in [1.29, 1.82) is 0 Å². The van der Waals surface area contributed by atoms with Crippen LogP contribution in [0.3, 0.4) is 0 Å². The molecule has 0 spiro atoms. The maximum absolute atomic E-state index is 12.6. The topological polar surface area (TPSA) is 89.8 Å². The zero-order chi connectivity index (χ0) is 49.3. The maximum Gasteiger partial charge on any atom is 0.249 e. The summed E-state index contributed by atoms with van der Waals surface area (Å²) >= 11 is 0. The van der Waals surface area contributed by atoms with Gasteiger partial charge >= 0.3 is 0 Å². The highest BCUT2D eigenvalue weighted by molar-refractivity contribution is 5.80. The van der Waals surface area contributed by atoms with Crippen LogP contribution in [0.2, 0.25) is 0 Å². The molecule has 0 bridgehead atoms. The maximum atomic E-state index is 12.6.